The van der Waals surface area contributed by atoms with Crippen molar-refractivity contribution in [2.24, 2.45) is 0 Å². The number of nitrogens with zero attached hydrogens (tertiary/aromatic N) is 1. The van der Waals surface area contributed by atoms with Crippen molar-refractivity contribution in [3.63, 3.8) is 0 Å². The van der Waals surface area contributed by atoms with Crippen molar-refractivity contribution in [3.05, 3.63) is 65.4 Å². The van der Waals surface area contributed by atoms with Gasteiger partial charge in [-0.2, -0.15) is 5.26 Å². The van der Waals surface area contributed by atoms with E-state index in [9.17, 15) is 14.9 Å². The zero-order valence-corrected chi connectivity index (χ0v) is 16.6. The van der Waals surface area contributed by atoms with Gasteiger partial charge in [-0.25, -0.2) is 4.79 Å². The van der Waals surface area contributed by atoms with E-state index < -0.39 is 11.9 Å². The quantitative estimate of drug-likeness (QED) is 0.275. The molecule has 0 spiro atoms. The van der Waals surface area contributed by atoms with Gasteiger partial charge in [-0.1, -0.05) is 31.2 Å². The van der Waals surface area contributed by atoms with Crippen LogP contribution in [0.15, 0.2) is 58.5 Å². The molecule has 30 heavy (non-hydrogen) atoms. The van der Waals surface area contributed by atoms with Gasteiger partial charge in [0.15, 0.2) is 11.5 Å². The summed E-state index contributed by atoms with van der Waals surface area (Å²) in [5.74, 6) is -0.571. The van der Waals surface area contributed by atoms with Crippen molar-refractivity contribution in [2.45, 2.75) is 13.3 Å². The Morgan fingerprint density at radius 2 is 1.97 bits per heavy atom. The normalized spacial score (nSPS) is 11.0. The summed E-state index contributed by atoms with van der Waals surface area (Å²) in [5, 5.41) is 12.7. The molecule has 0 bridgehead atoms. The van der Waals surface area contributed by atoms with Crippen molar-refractivity contribution >= 4 is 28.9 Å². The van der Waals surface area contributed by atoms with Crippen LogP contribution in [0.3, 0.4) is 0 Å². The number of furan rings is 1. The van der Waals surface area contributed by atoms with Crippen molar-refractivity contribution in [1.82, 2.24) is 5.32 Å². The maximum absolute atomic E-state index is 12.5. The smallest absolute Gasteiger partial charge is 0.379 e. The number of rotatable bonds is 7. The van der Waals surface area contributed by atoms with E-state index in [0.717, 1.165) is 11.8 Å². The lowest BCUT2D eigenvalue weighted by Gasteiger charge is -2.09. The largest absolute Gasteiger partial charge is 0.493 e. The monoisotopic (exact) mass is 404 g/mol. The Bertz CT molecular complexity index is 1120. The summed E-state index contributed by atoms with van der Waals surface area (Å²) in [4.78, 5) is 24.5. The number of fused-ring (bicyclic) bond motifs is 1. The van der Waals surface area contributed by atoms with Crippen LogP contribution in [0.2, 0.25) is 0 Å². The van der Waals surface area contributed by atoms with Crippen molar-refractivity contribution < 1.29 is 23.5 Å². The molecule has 3 rings (SSSR count). The van der Waals surface area contributed by atoms with E-state index in [1.54, 1.807) is 24.3 Å². The Labute approximate surface area is 173 Å². The van der Waals surface area contributed by atoms with E-state index in [-0.39, 0.29) is 22.8 Å². The lowest BCUT2D eigenvalue weighted by molar-refractivity contribution is -0.117. The number of benzene rings is 2. The highest BCUT2D eigenvalue weighted by Crippen LogP contribution is 2.30. The first kappa shape index (κ1) is 20.7. The van der Waals surface area contributed by atoms with Gasteiger partial charge in [-0.05, 0) is 42.3 Å². The third kappa shape index (κ3) is 4.67. The molecule has 0 radical (unpaired) electrons. The highest BCUT2D eigenvalue weighted by Gasteiger charge is 2.17. The SMILES string of the molecule is CCCNC(=O)/C(C#N)=C/c1ccc(OC(=O)c2cc3ccccc3o2)c(OC)c1. The average molecular weight is 404 g/mol. The third-order valence-electron chi connectivity index (χ3n) is 4.23. The fraction of sp³-hybridized carbons (Fsp3) is 0.174. The van der Waals surface area contributed by atoms with E-state index in [2.05, 4.69) is 5.32 Å². The number of carbonyl (C=O) groups excluding carboxylic acids is 2. The number of amides is 1. The van der Waals surface area contributed by atoms with E-state index in [4.69, 9.17) is 13.9 Å². The molecule has 0 unspecified atom stereocenters. The van der Waals surface area contributed by atoms with Crippen LogP contribution in [0.5, 0.6) is 11.5 Å². The third-order valence-corrected chi connectivity index (χ3v) is 4.23. The fourth-order valence-electron chi connectivity index (χ4n) is 2.74. The fourth-order valence-corrected chi connectivity index (χ4v) is 2.74. The van der Waals surface area contributed by atoms with E-state index in [0.29, 0.717) is 17.7 Å². The molecular formula is C23H20N2O5. The number of hydrogen-bond donors (Lipinski definition) is 1. The number of carbonyl (C=O) groups is 2. The molecule has 7 heteroatoms. The van der Waals surface area contributed by atoms with Gasteiger partial charge in [0, 0.05) is 11.9 Å². The molecule has 0 aliphatic heterocycles. The molecule has 0 fully saturated rings. The van der Waals surface area contributed by atoms with Crippen LogP contribution in [0.1, 0.15) is 29.5 Å². The number of para-hydroxylation sites is 1. The highest BCUT2D eigenvalue weighted by atomic mass is 16.6. The highest BCUT2D eigenvalue weighted by molar-refractivity contribution is 6.01. The Hall–Kier alpha value is -4.05. The van der Waals surface area contributed by atoms with Crippen molar-refractivity contribution in [3.8, 4) is 17.6 Å². The van der Waals surface area contributed by atoms with Gasteiger partial charge in [-0.3, -0.25) is 4.79 Å². The number of nitrogens with one attached hydrogen (secondary N) is 1. The summed E-state index contributed by atoms with van der Waals surface area (Å²) in [6.45, 7) is 2.41. The molecule has 1 aromatic heterocycles. The number of ether oxygens (including phenoxy) is 2. The molecule has 0 atom stereocenters. The lowest BCUT2D eigenvalue weighted by Crippen LogP contribution is -2.25. The van der Waals surface area contributed by atoms with Gasteiger partial charge < -0.3 is 19.2 Å². The summed E-state index contributed by atoms with van der Waals surface area (Å²) < 4.78 is 16.2. The zero-order valence-electron chi connectivity index (χ0n) is 16.6. The number of hydrogen-bond acceptors (Lipinski definition) is 6. The van der Waals surface area contributed by atoms with Crippen LogP contribution in [0.25, 0.3) is 17.0 Å². The molecule has 0 saturated carbocycles. The van der Waals surface area contributed by atoms with Crippen molar-refractivity contribution in [1.29, 1.82) is 5.26 Å². The first-order chi connectivity index (χ1) is 14.5. The van der Waals surface area contributed by atoms with Crippen LogP contribution in [0.4, 0.5) is 0 Å². The molecule has 0 aliphatic carbocycles. The Morgan fingerprint density at radius 3 is 2.67 bits per heavy atom. The summed E-state index contributed by atoms with van der Waals surface area (Å²) >= 11 is 0. The van der Waals surface area contributed by atoms with Gasteiger partial charge >= 0.3 is 5.97 Å². The first-order valence-electron chi connectivity index (χ1n) is 9.34. The number of nitriles is 1. The minimum atomic E-state index is -0.663. The van der Waals surface area contributed by atoms with Crippen LogP contribution >= 0.6 is 0 Å². The maximum Gasteiger partial charge on any atom is 0.379 e. The maximum atomic E-state index is 12.5. The second-order valence-electron chi connectivity index (χ2n) is 6.37. The Kier molecular flexibility index (Phi) is 6.50. The van der Waals surface area contributed by atoms with Crippen LogP contribution in [-0.2, 0) is 4.79 Å². The van der Waals surface area contributed by atoms with Gasteiger partial charge in [0.25, 0.3) is 5.91 Å². The molecule has 0 saturated heterocycles. The first-order valence-corrected chi connectivity index (χ1v) is 9.34. The van der Waals surface area contributed by atoms with Gasteiger partial charge in [0.2, 0.25) is 5.76 Å². The number of esters is 1. The molecule has 1 amide bonds. The summed E-state index contributed by atoms with van der Waals surface area (Å²) in [7, 11) is 1.43. The Balaban J connectivity index is 1.81. The standard InChI is InChI=1S/C23H20N2O5/c1-3-10-25-22(26)17(14-24)11-15-8-9-19(20(12-15)28-2)30-23(27)21-13-16-6-4-5-7-18(16)29-21/h4-9,11-13H,3,10H2,1-2H3,(H,25,26)/b17-11+. The predicted octanol–water partition coefficient (Wildman–Crippen LogP) is 4.09. The second kappa shape index (κ2) is 9.43. The van der Waals surface area contributed by atoms with Crippen LogP contribution in [0, 0.1) is 11.3 Å². The molecule has 152 valence electrons. The summed E-state index contributed by atoms with van der Waals surface area (Å²) in [6.07, 6.45) is 2.21. The number of methoxy groups -OCH3 is 1. The van der Waals surface area contributed by atoms with E-state index in [1.807, 2.05) is 31.2 Å². The molecular weight excluding hydrogens is 384 g/mol. The van der Waals surface area contributed by atoms with Crippen LogP contribution < -0.4 is 14.8 Å². The zero-order chi connectivity index (χ0) is 21.5. The molecule has 1 N–H and O–H groups in total. The molecule has 1 heterocycles. The predicted molar refractivity (Wildman–Crippen MR) is 111 cm³/mol. The summed E-state index contributed by atoms with van der Waals surface area (Å²) in [6, 6.07) is 15.5. The second-order valence-corrected chi connectivity index (χ2v) is 6.37. The lowest BCUT2D eigenvalue weighted by atomic mass is 10.1. The summed E-state index contributed by atoms with van der Waals surface area (Å²) in [5.41, 5.74) is 1.11. The minimum absolute atomic E-state index is 0.0301. The molecule has 7 nitrogen and oxygen atoms in total. The average Bonchev–Trinajstić information content (AvgIpc) is 3.21. The van der Waals surface area contributed by atoms with E-state index in [1.165, 1.54) is 19.3 Å². The Morgan fingerprint density at radius 1 is 1.17 bits per heavy atom. The van der Waals surface area contributed by atoms with Crippen molar-refractivity contribution in [2.75, 3.05) is 13.7 Å². The van der Waals surface area contributed by atoms with Crippen LogP contribution in [-0.4, -0.2) is 25.5 Å². The van der Waals surface area contributed by atoms with Gasteiger partial charge in [0.05, 0.1) is 7.11 Å². The van der Waals surface area contributed by atoms with Gasteiger partial charge in [-0.15, -0.1) is 0 Å². The molecule has 2 aromatic carbocycles. The molecule has 0 aliphatic rings. The van der Waals surface area contributed by atoms with E-state index >= 15 is 0 Å². The molecule has 3 aromatic rings. The van der Waals surface area contributed by atoms with Gasteiger partial charge in [0.1, 0.15) is 17.2 Å². The topological polar surface area (TPSA) is 102 Å². The minimum Gasteiger partial charge on any atom is -0.493 e.